The molecule has 156 valence electrons. The summed E-state index contributed by atoms with van der Waals surface area (Å²) in [6, 6.07) is 13.0. The lowest BCUT2D eigenvalue weighted by molar-refractivity contribution is -0.139. The molecule has 0 aliphatic carbocycles. The van der Waals surface area contributed by atoms with Crippen LogP contribution in [-0.2, 0) is 16.1 Å². The monoisotopic (exact) mass is 409 g/mol. The van der Waals surface area contributed by atoms with Gasteiger partial charge in [-0.1, -0.05) is 30.3 Å². The Labute approximate surface area is 173 Å². The van der Waals surface area contributed by atoms with Crippen LogP contribution in [0.2, 0.25) is 0 Å². The van der Waals surface area contributed by atoms with Crippen LogP contribution >= 0.6 is 0 Å². The summed E-state index contributed by atoms with van der Waals surface area (Å²) < 4.78 is 17.7. The minimum absolute atomic E-state index is 0.0857. The molecule has 3 aromatic rings. The maximum Gasteiger partial charge on any atom is 0.261 e. The van der Waals surface area contributed by atoms with Crippen LogP contribution in [0.1, 0.15) is 11.7 Å². The van der Waals surface area contributed by atoms with Crippen LogP contribution in [0.3, 0.4) is 0 Å². The number of fused-ring (bicyclic) bond motifs is 1. The second-order valence-electron chi connectivity index (χ2n) is 7.01. The third-order valence-corrected chi connectivity index (χ3v) is 5.23. The Balaban J connectivity index is 1.55. The summed E-state index contributed by atoms with van der Waals surface area (Å²) in [5, 5.41) is 0.368. The van der Waals surface area contributed by atoms with Crippen molar-refractivity contribution in [1.82, 2.24) is 14.5 Å². The van der Waals surface area contributed by atoms with Gasteiger partial charge in [-0.2, -0.15) is 0 Å². The zero-order chi connectivity index (χ0) is 21.1. The lowest BCUT2D eigenvalue weighted by atomic mass is 10.1. The van der Waals surface area contributed by atoms with Gasteiger partial charge in [-0.3, -0.25) is 14.2 Å². The van der Waals surface area contributed by atoms with Gasteiger partial charge in [0.1, 0.15) is 12.6 Å². The molecule has 0 saturated carbocycles. The molecule has 2 aromatic carbocycles. The second-order valence-corrected chi connectivity index (χ2v) is 7.01. The number of hydrogen-bond donors (Lipinski definition) is 0. The quantitative estimate of drug-likeness (QED) is 0.641. The Hall–Kier alpha value is -3.39. The zero-order valence-electron chi connectivity index (χ0n) is 16.9. The second kappa shape index (κ2) is 8.54. The molecule has 1 saturated heterocycles. The molecule has 30 heavy (non-hydrogen) atoms. The van der Waals surface area contributed by atoms with Crippen LogP contribution in [0.4, 0.5) is 0 Å². The van der Waals surface area contributed by atoms with Crippen LogP contribution in [0, 0.1) is 0 Å². The predicted molar refractivity (Wildman–Crippen MR) is 111 cm³/mol. The average Bonchev–Trinajstić information content (AvgIpc) is 2.80. The number of carbonyl (C=O) groups is 1. The SMILES string of the molecule is COc1cc2ncn(CC(=O)N3CCO[C@@H](c4ccccc4)C3)c(=O)c2cc1OC. The first-order valence-corrected chi connectivity index (χ1v) is 9.66. The lowest BCUT2D eigenvalue weighted by Crippen LogP contribution is -2.44. The predicted octanol–water partition coefficient (Wildman–Crippen LogP) is 2.01. The smallest absolute Gasteiger partial charge is 0.261 e. The van der Waals surface area contributed by atoms with E-state index in [2.05, 4.69) is 4.98 Å². The molecule has 1 fully saturated rings. The summed E-state index contributed by atoms with van der Waals surface area (Å²) in [5.41, 5.74) is 1.21. The number of carbonyl (C=O) groups excluding carboxylic acids is 1. The molecule has 1 amide bonds. The molecule has 1 atom stereocenters. The van der Waals surface area contributed by atoms with Crippen molar-refractivity contribution in [3.8, 4) is 11.5 Å². The molecule has 8 nitrogen and oxygen atoms in total. The Morgan fingerprint density at radius 3 is 2.63 bits per heavy atom. The number of ether oxygens (including phenoxy) is 3. The molecule has 0 unspecified atom stereocenters. The van der Waals surface area contributed by atoms with E-state index >= 15 is 0 Å². The van der Waals surface area contributed by atoms with Crippen molar-refractivity contribution >= 4 is 16.8 Å². The fourth-order valence-corrected chi connectivity index (χ4v) is 3.59. The molecular formula is C22H23N3O5. The molecule has 2 heterocycles. The van der Waals surface area contributed by atoms with E-state index < -0.39 is 0 Å². The summed E-state index contributed by atoms with van der Waals surface area (Å²) in [6.45, 7) is 1.30. The maximum absolute atomic E-state index is 12.9. The van der Waals surface area contributed by atoms with Crippen molar-refractivity contribution in [1.29, 1.82) is 0 Å². The number of hydrogen-bond acceptors (Lipinski definition) is 6. The third kappa shape index (κ3) is 3.86. The van der Waals surface area contributed by atoms with Gasteiger partial charge in [0.2, 0.25) is 5.91 Å². The molecule has 4 rings (SSSR count). The highest BCUT2D eigenvalue weighted by Gasteiger charge is 2.25. The van der Waals surface area contributed by atoms with Crippen molar-refractivity contribution in [2.45, 2.75) is 12.6 Å². The first kappa shape index (κ1) is 19.9. The summed E-state index contributed by atoms with van der Waals surface area (Å²) >= 11 is 0. The van der Waals surface area contributed by atoms with Crippen molar-refractivity contribution in [3.05, 3.63) is 64.7 Å². The van der Waals surface area contributed by atoms with Crippen molar-refractivity contribution < 1.29 is 19.0 Å². The van der Waals surface area contributed by atoms with Crippen molar-refractivity contribution in [2.75, 3.05) is 33.9 Å². The summed E-state index contributed by atoms with van der Waals surface area (Å²) in [4.78, 5) is 31.9. The van der Waals surface area contributed by atoms with Gasteiger partial charge in [-0.05, 0) is 11.6 Å². The van der Waals surface area contributed by atoms with Crippen molar-refractivity contribution in [3.63, 3.8) is 0 Å². The van der Waals surface area contributed by atoms with E-state index in [1.807, 2.05) is 30.3 Å². The normalized spacial score (nSPS) is 16.5. The van der Waals surface area contributed by atoms with E-state index in [1.54, 1.807) is 17.0 Å². The zero-order valence-corrected chi connectivity index (χ0v) is 16.9. The molecular weight excluding hydrogens is 386 g/mol. The Kier molecular flexibility index (Phi) is 5.67. The number of benzene rings is 2. The third-order valence-electron chi connectivity index (χ3n) is 5.23. The van der Waals surface area contributed by atoms with Gasteiger partial charge in [0.25, 0.3) is 5.56 Å². The first-order chi connectivity index (χ1) is 14.6. The highest BCUT2D eigenvalue weighted by atomic mass is 16.5. The number of nitrogens with zero attached hydrogens (tertiary/aromatic N) is 3. The Bertz CT molecular complexity index is 1110. The molecule has 1 aliphatic rings. The standard InChI is InChI=1S/C22H23N3O5/c1-28-18-10-16-17(11-19(18)29-2)23-14-25(22(16)27)13-21(26)24-8-9-30-20(12-24)15-6-4-3-5-7-15/h3-7,10-11,14,20H,8-9,12-13H2,1-2H3/t20-/m1/s1. The van der Waals surface area contributed by atoms with E-state index in [1.165, 1.54) is 25.1 Å². The fraction of sp³-hybridized carbons (Fsp3) is 0.318. The lowest BCUT2D eigenvalue weighted by Gasteiger charge is -2.33. The maximum atomic E-state index is 12.9. The average molecular weight is 409 g/mol. The van der Waals surface area contributed by atoms with Gasteiger partial charge in [0.15, 0.2) is 11.5 Å². The highest BCUT2D eigenvalue weighted by Crippen LogP contribution is 2.29. The fourth-order valence-electron chi connectivity index (χ4n) is 3.59. The molecule has 1 aromatic heterocycles. The molecule has 0 radical (unpaired) electrons. The number of aromatic nitrogens is 2. The largest absolute Gasteiger partial charge is 0.493 e. The molecule has 0 N–H and O–H groups in total. The van der Waals surface area contributed by atoms with Gasteiger partial charge in [0.05, 0.1) is 44.6 Å². The highest BCUT2D eigenvalue weighted by molar-refractivity contribution is 5.82. The van der Waals surface area contributed by atoms with Gasteiger partial charge in [-0.25, -0.2) is 4.98 Å². The number of methoxy groups -OCH3 is 2. The van der Waals surface area contributed by atoms with Crippen LogP contribution in [0.15, 0.2) is 53.6 Å². The number of morpholine rings is 1. The van der Waals surface area contributed by atoms with E-state index in [0.29, 0.717) is 42.1 Å². The van der Waals surface area contributed by atoms with Gasteiger partial charge < -0.3 is 19.1 Å². The summed E-state index contributed by atoms with van der Waals surface area (Å²) in [7, 11) is 3.03. The van der Waals surface area contributed by atoms with Gasteiger partial charge in [-0.15, -0.1) is 0 Å². The van der Waals surface area contributed by atoms with Crippen LogP contribution < -0.4 is 15.0 Å². The van der Waals surface area contributed by atoms with Gasteiger partial charge >= 0.3 is 0 Å². The van der Waals surface area contributed by atoms with Gasteiger partial charge in [0, 0.05) is 12.6 Å². The minimum Gasteiger partial charge on any atom is -0.493 e. The Morgan fingerprint density at radius 1 is 1.17 bits per heavy atom. The van der Waals surface area contributed by atoms with E-state index in [9.17, 15) is 9.59 Å². The minimum atomic E-state index is -0.304. The first-order valence-electron chi connectivity index (χ1n) is 9.66. The molecule has 1 aliphatic heterocycles. The Morgan fingerprint density at radius 2 is 1.90 bits per heavy atom. The molecule has 0 spiro atoms. The van der Waals surface area contributed by atoms with E-state index in [4.69, 9.17) is 14.2 Å². The van der Waals surface area contributed by atoms with E-state index in [-0.39, 0.29) is 24.1 Å². The van der Waals surface area contributed by atoms with Crippen LogP contribution in [0.5, 0.6) is 11.5 Å². The molecule has 0 bridgehead atoms. The van der Waals surface area contributed by atoms with Crippen LogP contribution in [0.25, 0.3) is 10.9 Å². The number of amides is 1. The van der Waals surface area contributed by atoms with E-state index in [0.717, 1.165) is 5.56 Å². The van der Waals surface area contributed by atoms with Crippen LogP contribution in [-0.4, -0.2) is 54.3 Å². The summed E-state index contributed by atoms with van der Waals surface area (Å²) in [6.07, 6.45) is 1.22. The van der Waals surface area contributed by atoms with Crippen molar-refractivity contribution in [2.24, 2.45) is 0 Å². The molecule has 8 heteroatoms. The number of rotatable bonds is 5. The summed E-state index contributed by atoms with van der Waals surface area (Å²) in [5.74, 6) is 0.779. The topological polar surface area (TPSA) is 82.9 Å².